The van der Waals surface area contributed by atoms with Gasteiger partial charge in [0.1, 0.15) is 0 Å². The summed E-state index contributed by atoms with van der Waals surface area (Å²) in [5.41, 5.74) is 1.07. The lowest BCUT2D eigenvalue weighted by atomic mass is 9.97. The molecular formula is C18H25Br2NO2S. The Morgan fingerprint density at radius 1 is 0.917 bits per heavy atom. The lowest BCUT2D eigenvalue weighted by molar-refractivity contribution is 0.0623. The molecule has 1 unspecified atom stereocenters. The van der Waals surface area contributed by atoms with Crippen LogP contribution in [-0.2, 0) is 0 Å². The third kappa shape index (κ3) is 4.50. The third-order valence-corrected chi connectivity index (χ3v) is 7.26. The summed E-state index contributed by atoms with van der Waals surface area (Å²) in [6.07, 6.45) is 9.73. The molecule has 0 saturated carbocycles. The van der Waals surface area contributed by atoms with Crippen molar-refractivity contribution >= 4 is 55.0 Å². The standard InChI is InChI=1S/C18H25Br2NO2S/c1-3-5-6-7-8-9-10-12(4-2)11-21-17(22)13-14(18(21)23)16(20)24-15(13)19/h12H,3-11H2,1-2H3. The molecule has 2 heterocycles. The molecular weight excluding hydrogens is 454 g/mol. The highest BCUT2D eigenvalue weighted by Crippen LogP contribution is 2.42. The molecule has 0 aliphatic carbocycles. The highest BCUT2D eigenvalue weighted by molar-refractivity contribution is 9.12. The summed E-state index contributed by atoms with van der Waals surface area (Å²) in [7, 11) is 0. The number of halogens is 2. The number of imide groups is 1. The average molecular weight is 479 g/mol. The number of carbonyl (C=O) groups excluding carboxylic acids is 2. The van der Waals surface area contributed by atoms with Gasteiger partial charge in [0.25, 0.3) is 11.8 Å². The molecule has 0 fully saturated rings. The van der Waals surface area contributed by atoms with Crippen molar-refractivity contribution in [3.05, 3.63) is 18.7 Å². The van der Waals surface area contributed by atoms with Gasteiger partial charge in [0.05, 0.1) is 18.7 Å². The minimum Gasteiger partial charge on any atom is -0.274 e. The van der Waals surface area contributed by atoms with Crippen molar-refractivity contribution < 1.29 is 9.59 Å². The Kier molecular flexibility index (Phi) is 7.95. The topological polar surface area (TPSA) is 37.4 Å². The van der Waals surface area contributed by atoms with Gasteiger partial charge in [-0.1, -0.05) is 58.8 Å². The Balaban J connectivity index is 1.89. The van der Waals surface area contributed by atoms with E-state index in [1.165, 1.54) is 54.8 Å². The van der Waals surface area contributed by atoms with Crippen molar-refractivity contribution in [3.63, 3.8) is 0 Å². The van der Waals surface area contributed by atoms with Crippen molar-refractivity contribution in [3.8, 4) is 0 Å². The zero-order chi connectivity index (χ0) is 17.7. The molecule has 2 rings (SSSR count). The van der Waals surface area contributed by atoms with Crippen LogP contribution in [0.2, 0.25) is 0 Å². The molecule has 0 spiro atoms. The number of hydrogen-bond donors (Lipinski definition) is 0. The molecule has 0 bridgehead atoms. The number of hydrogen-bond acceptors (Lipinski definition) is 3. The van der Waals surface area contributed by atoms with Gasteiger partial charge in [-0.25, -0.2) is 0 Å². The van der Waals surface area contributed by atoms with Crippen LogP contribution in [-0.4, -0.2) is 23.3 Å². The van der Waals surface area contributed by atoms with E-state index in [9.17, 15) is 9.59 Å². The number of amides is 2. The lowest BCUT2D eigenvalue weighted by Gasteiger charge is -2.21. The normalized spacial score (nSPS) is 15.2. The second-order valence-corrected chi connectivity index (χ2v) is 10.1. The third-order valence-electron chi connectivity index (χ3n) is 4.72. The zero-order valence-electron chi connectivity index (χ0n) is 14.4. The molecule has 134 valence electrons. The maximum atomic E-state index is 12.6. The van der Waals surface area contributed by atoms with Crippen LogP contribution in [0, 0.1) is 5.92 Å². The van der Waals surface area contributed by atoms with Gasteiger partial charge in [0.2, 0.25) is 0 Å². The van der Waals surface area contributed by atoms with E-state index in [0.29, 0.717) is 23.6 Å². The Hall–Kier alpha value is -0.200. The van der Waals surface area contributed by atoms with E-state index in [1.54, 1.807) is 0 Å². The summed E-state index contributed by atoms with van der Waals surface area (Å²) < 4.78 is 1.49. The van der Waals surface area contributed by atoms with Gasteiger partial charge in [0.15, 0.2) is 0 Å². The fourth-order valence-corrected chi connectivity index (χ4v) is 6.28. The van der Waals surface area contributed by atoms with Gasteiger partial charge < -0.3 is 0 Å². The summed E-state index contributed by atoms with van der Waals surface area (Å²) in [6, 6.07) is 0. The molecule has 2 amide bonds. The second kappa shape index (κ2) is 9.48. The van der Waals surface area contributed by atoms with Gasteiger partial charge in [-0.15, -0.1) is 11.3 Å². The molecule has 0 saturated heterocycles. The largest absolute Gasteiger partial charge is 0.274 e. The first-order valence-corrected chi connectivity index (χ1v) is 11.2. The van der Waals surface area contributed by atoms with E-state index >= 15 is 0 Å². The van der Waals surface area contributed by atoms with Gasteiger partial charge >= 0.3 is 0 Å². The van der Waals surface area contributed by atoms with Crippen LogP contribution < -0.4 is 0 Å². The Bertz CT molecular complexity index is 564. The first-order valence-electron chi connectivity index (χ1n) is 8.85. The van der Waals surface area contributed by atoms with Crippen LogP contribution in [0.25, 0.3) is 0 Å². The molecule has 0 aromatic carbocycles. The summed E-state index contributed by atoms with van der Waals surface area (Å²) in [4.78, 5) is 26.6. The number of rotatable bonds is 10. The van der Waals surface area contributed by atoms with E-state index in [2.05, 4.69) is 45.7 Å². The smallest absolute Gasteiger partial charge is 0.263 e. The average Bonchev–Trinajstić information content (AvgIpc) is 2.99. The maximum Gasteiger partial charge on any atom is 0.263 e. The van der Waals surface area contributed by atoms with Crippen LogP contribution in [0.3, 0.4) is 0 Å². The number of fused-ring (bicyclic) bond motifs is 1. The van der Waals surface area contributed by atoms with Crippen molar-refractivity contribution in [2.75, 3.05) is 6.54 Å². The van der Waals surface area contributed by atoms with Crippen molar-refractivity contribution in [1.82, 2.24) is 4.90 Å². The van der Waals surface area contributed by atoms with Crippen LogP contribution >= 0.6 is 43.2 Å². The van der Waals surface area contributed by atoms with Gasteiger partial charge in [-0.3, -0.25) is 14.5 Å². The predicted molar refractivity (Wildman–Crippen MR) is 107 cm³/mol. The molecule has 1 aliphatic rings. The number of thiophene rings is 1. The fourth-order valence-electron chi connectivity index (χ4n) is 3.18. The second-order valence-electron chi connectivity index (χ2n) is 6.45. The maximum absolute atomic E-state index is 12.6. The Morgan fingerprint density at radius 2 is 1.46 bits per heavy atom. The number of carbonyl (C=O) groups is 2. The summed E-state index contributed by atoms with van der Waals surface area (Å²) >= 11 is 8.21. The van der Waals surface area contributed by atoms with Crippen LogP contribution in [0.5, 0.6) is 0 Å². The minimum atomic E-state index is -0.148. The van der Waals surface area contributed by atoms with Crippen LogP contribution in [0.4, 0.5) is 0 Å². The predicted octanol–water partition coefficient (Wildman–Crippen LogP) is 6.65. The van der Waals surface area contributed by atoms with Crippen molar-refractivity contribution in [2.24, 2.45) is 5.92 Å². The SMILES string of the molecule is CCCCCCCCC(CC)CN1C(=O)c2c(Br)sc(Br)c2C1=O. The van der Waals surface area contributed by atoms with Crippen LogP contribution in [0.1, 0.15) is 85.9 Å². The molecule has 0 radical (unpaired) electrons. The van der Waals surface area contributed by atoms with E-state index in [1.807, 2.05) is 0 Å². The van der Waals surface area contributed by atoms with E-state index in [4.69, 9.17) is 0 Å². The van der Waals surface area contributed by atoms with Gasteiger partial charge in [-0.05, 0) is 44.2 Å². The molecule has 3 nitrogen and oxygen atoms in total. The fraction of sp³-hybridized carbons (Fsp3) is 0.667. The van der Waals surface area contributed by atoms with E-state index in [-0.39, 0.29) is 11.8 Å². The molecule has 1 atom stereocenters. The first kappa shape index (κ1) is 20.1. The van der Waals surface area contributed by atoms with E-state index < -0.39 is 0 Å². The van der Waals surface area contributed by atoms with Crippen molar-refractivity contribution in [1.29, 1.82) is 0 Å². The minimum absolute atomic E-state index is 0.148. The first-order chi connectivity index (χ1) is 11.5. The molecule has 24 heavy (non-hydrogen) atoms. The summed E-state index contributed by atoms with van der Waals surface area (Å²) in [5, 5.41) is 0. The molecule has 1 aliphatic heterocycles. The summed E-state index contributed by atoms with van der Waals surface area (Å²) in [6.45, 7) is 4.92. The van der Waals surface area contributed by atoms with Gasteiger partial charge in [-0.2, -0.15) is 0 Å². The summed E-state index contributed by atoms with van der Waals surface area (Å²) in [5.74, 6) is 0.102. The quantitative estimate of drug-likeness (QED) is 0.279. The van der Waals surface area contributed by atoms with Crippen LogP contribution in [0.15, 0.2) is 7.57 Å². The lowest BCUT2D eigenvalue weighted by Crippen LogP contribution is -2.34. The molecule has 0 N–H and O–H groups in total. The number of nitrogens with zero attached hydrogens (tertiary/aromatic N) is 1. The highest BCUT2D eigenvalue weighted by atomic mass is 79.9. The van der Waals surface area contributed by atoms with Gasteiger partial charge in [0, 0.05) is 6.54 Å². The number of unbranched alkanes of at least 4 members (excludes halogenated alkanes) is 5. The van der Waals surface area contributed by atoms with E-state index in [0.717, 1.165) is 20.4 Å². The molecule has 1 aromatic rings. The highest BCUT2D eigenvalue weighted by Gasteiger charge is 2.41. The molecule has 1 aromatic heterocycles. The molecule has 6 heteroatoms. The zero-order valence-corrected chi connectivity index (χ0v) is 18.4. The monoisotopic (exact) mass is 477 g/mol. The Labute approximate surface area is 165 Å². The van der Waals surface area contributed by atoms with Crippen molar-refractivity contribution in [2.45, 2.75) is 65.2 Å². The Morgan fingerprint density at radius 3 is 2.00 bits per heavy atom.